The van der Waals surface area contributed by atoms with Crippen molar-refractivity contribution in [2.24, 2.45) is 0 Å². The summed E-state index contributed by atoms with van der Waals surface area (Å²) in [5.74, 6) is 0. The molecule has 1 saturated heterocycles. The van der Waals surface area contributed by atoms with Crippen LogP contribution in [0.1, 0.15) is 20.8 Å². The van der Waals surface area contributed by atoms with Crippen molar-refractivity contribution >= 4 is 11.8 Å². The molecule has 1 fully saturated rings. The van der Waals surface area contributed by atoms with Crippen LogP contribution in [-0.4, -0.2) is 10.00 Å². The highest BCUT2D eigenvalue weighted by atomic mass is 32.2. The smallest absolute Gasteiger partial charge is 0.0479 e. The van der Waals surface area contributed by atoms with E-state index in [0.29, 0.717) is 4.75 Å². The normalized spacial score (nSPS) is 43.7. The fourth-order valence-corrected chi connectivity index (χ4v) is 3.00. The molecule has 1 aliphatic heterocycles. The van der Waals surface area contributed by atoms with Gasteiger partial charge in [0, 0.05) is 10.00 Å². The number of hydrogen-bond donors (Lipinski definition) is 0. The Labute approximate surface area is 66.4 Å². The summed E-state index contributed by atoms with van der Waals surface area (Å²) in [6.45, 7) is 6.74. The first kappa shape index (κ1) is 6.53. The molecule has 0 radical (unpaired) electrons. The van der Waals surface area contributed by atoms with E-state index in [2.05, 4.69) is 44.7 Å². The van der Waals surface area contributed by atoms with Crippen LogP contribution in [-0.2, 0) is 0 Å². The van der Waals surface area contributed by atoms with E-state index >= 15 is 0 Å². The topological polar surface area (TPSA) is 0 Å². The first-order chi connectivity index (χ1) is 4.62. The molecule has 0 saturated carbocycles. The Hall–Kier alpha value is -0.170. The first-order valence-corrected chi connectivity index (χ1v) is 4.55. The number of hydrogen-bond acceptors (Lipinski definition) is 1. The number of thioether (sulfide) groups is 1. The molecule has 2 unspecified atom stereocenters. The van der Waals surface area contributed by atoms with Crippen molar-refractivity contribution in [1.82, 2.24) is 0 Å². The molecular weight excluding hydrogens is 140 g/mol. The van der Waals surface area contributed by atoms with Crippen LogP contribution in [0, 0.1) is 0 Å². The van der Waals surface area contributed by atoms with E-state index in [9.17, 15) is 0 Å². The van der Waals surface area contributed by atoms with E-state index in [1.54, 1.807) is 5.57 Å². The van der Waals surface area contributed by atoms with Crippen molar-refractivity contribution in [3.8, 4) is 0 Å². The number of rotatable bonds is 0. The lowest BCUT2D eigenvalue weighted by molar-refractivity contribution is 0.872. The van der Waals surface area contributed by atoms with E-state index in [-0.39, 0.29) is 0 Å². The van der Waals surface area contributed by atoms with Crippen molar-refractivity contribution in [3.63, 3.8) is 0 Å². The van der Waals surface area contributed by atoms with Gasteiger partial charge in [-0.2, -0.15) is 0 Å². The molecule has 54 valence electrons. The summed E-state index contributed by atoms with van der Waals surface area (Å²) < 4.78 is 0.475. The minimum absolute atomic E-state index is 0.475. The third kappa shape index (κ3) is 0.766. The van der Waals surface area contributed by atoms with Gasteiger partial charge in [0.05, 0.1) is 0 Å². The lowest BCUT2D eigenvalue weighted by Gasteiger charge is -2.10. The van der Waals surface area contributed by atoms with Gasteiger partial charge in [-0.1, -0.05) is 23.3 Å². The Morgan fingerprint density at radius 3 is 2.80 bits per heavy atom. The van der Waals surface area contributed by atoms with Crippen LogP contribution in [0.15, 0.2) is 23.3 Å². The molecule has 2 rings (SSSR count). The molecule has 0 aromatic rings. The van der Waals surface area contributed by atoms with Crippen molar-refractivity contribution in [2.75, 3.05) is 0 Å². The summed E-state index contributed by atoms with van der Waals surface area (Å²) >= 11 is 2.07. The lowest BCUT2D eigenvalue weighted by Crippen LogP contribution is -2.10. The Kier molecular flexibility index (Phi) is 1.11. The maximum atomic E-state index is 2.38. The van der Waals surface area contributed by atoms with Crippen LogP contribution in [0.2, 0.25) is 0 Å². The molecule has 0 nitrogen and oxygen atoms in total. The second kappa shape index (κ2) is 1.70. The Morgan fingerprint density at radius 1 is 1.50 bits per heavy atom. The molecule has 10 heavy (non-hydrogen) atoms. The summed E-state index contributed by atoms with van der Waals surface area (Å²) in [4.78, 5) is 0. The van der Waals surface area contributed by atoms with E-state index in [1.807, 2.05) is 0 Å². The molecule has 0 amide bonds. The molecule has 0 aromatic heterocycles. The predicted octanol–water partition coefficient (Wildman–Crippen LogP) is 2.77. The fraction of sp³-hybridized carbons (Fsp3) is 0.556. The minimum atomic E-state index is 0.475. The summed E-state index contributed by atoms with van der Waals surface area (Å²) in [5.41, 5.74) is 2.98. The van der Waals surface area contributed by atoms with Gasteiger partial charge in [0.1, 0.15) is 0 Å². The second-order valence-corrected chi connectivity index (χ2v) is 5.05. The summed E-state index contributed by atoms with van der Waals surface area (Å²) in [6, 6.07) is 0. The van der Waals surface area contributed by atoms with Crippen molar-refractivity contribution < 1.29 is 0 Å². The second-order valence-electron chi connectivity index (χ2n) is 3.46. The molecule has 0 bridgehead atoms. The molecular formula is C9H12S. The Balaban J connectivity index is 2.38. The quantitative estimate of drug-likeness (QED) is 0.481. The van der Waals surface area contributed by atoms with Gasteiger partial charge in [0.25, 0.3) is 0 Å². The van der Waals surface area contributed by atoms with Gasteiger partial charge in [0.2, 0.25) is 0 Å². The number of fused-ring (bicyclic) bond motifs is 1. The van der Waals surface area contributed by atoms with Crippen LogP contribution < -0.4 is 0 Å². The van der Waals surface area contributed by atoms with Gasteiger partial charge in [-0.3, -0.25) is 0 Å². The van der Waals surface area contributed by atoms with Gasteiger partial charge >= 0.3 is 0 Å². The maximum absolute atomic E-state index is 2.38. The van der Waals surface area contributed by atoms with Crippen molar-refractivity contribution in [2.45, 2.75) is 30.8 Å². The highest BCUT2D eigenvalue weighted by molar-refractivity contribution is 8.09. The molecule has 1 heterocycles. The molecule has 0 aromatic carbocycles. The van der Waals surface area contributed by atoms with Crippen LogP contribution in [0.25, 0.3) is 0 Å². The first-order valence-electron chi connectivity index (χ1n) is 3.67. The largest absolute Gasteiger partial charge is 0.140 e. The van der Waals surface area contributed by atoms with Gasteiger partial charge in [0.15, 0.2) is 0 Å². The molecule has 1 aliphatic carbocycles. The van der Waals surface area contributed by atoms with Crippen molar-refractivity contribution in [1.29, 1.82) is 0 Å². The van der Waals surface area contributed by atoms with E-state index in [4.69, 9.17) is 0 Å². The van der Waals surface area contributed by atoms with Crippen LogP contribution in [0.4, 0.5) is 0 Å². The third-order valence-corrected chi connectivity index (χ3v) is 3.92. The van der Waals surface area contributed by atoms with Gasteiger partial charge in [-0.15, -0.1) is 11.8 Å². The SMILES string of the molecule is CC1=CC2(C)SC2C(C)=C1. The Morgan fingerprint density at radius 2 is 2.20 bits per heavy atom. The van der Waals surface area contributed by atoms with Crippen LogP contribution in [0.3, 0.4) is 0 Å². The number of allylic oxidation sites excluding steroid dienone is 2. The molecule has 1 heteroatoms. The standard InChI is InChI=1S/C9H12S/c1-6-4-7(2)8-9(3,5-6)10-8/h4-5,8H,1-3H3. The van der Waals surface area contributed by atoms with Gasteiger partial charge < -0.3 is 0 Å². The fourth-order valence-electron chi connectivity index (χ4n) is 1.80. The third-order valence-electron chi connectivity index (χ3n) is 2.22. The highest BCUT2D eigenvalue weighted by Gasteiger charge is 2.51. The predicted molar refractivity (Wildman–Crippen MR) is 47.3 cm³/mol. The molecule has 0 N–H and O–H groups in total. The average Bonchev–Trinajstić information content (AvgIpc) is 2.39. The monoisotopic (exact) mass is 152 g/mol. The molecule has 0 spiro atoms. The zero-order chi connectivity index (χ0) is 7.35. The molecule has 2 aliphatic rings. The van der Waals surface area contributed by atoms with Crippen LogP contribution >= 0.6 is 11.8 Å². The van der Waals surface area contributed by atoms with E-state index < -0.39 is 0 Å². The lowest BCUT2D eigenvalue weighted by atomic mass is 9.93. The zero-order valence-corrected chi connectivity index (χ0v) is 7.46. The maximum Gasteiger partial charge on any atom is 0.0479 e. The summed E-state index contributed by atoms with van der Waals surface area (Å²) in [5, 5.41) is 0.802. The highest BCUT2D eigenvalue weighted by Crippen LogP contribution is 2.59. The van der Waals surface area contributed by atoms with Gasteiger partial charge in [-0.05, 0) is 20.8 Å². The van der Waals surface area contributed by atoms with E-state index in [1.165, 1.54) is 5.57 Å². The summed E-state index contributed by atoms with van der Waals surface area (Å²) in [7, 11) is 0. The molecule has 2 atom stereocenters. The minimum Gasteiger partial charge on any atom is -0.140 e. The van der Waals surface area contributed by atoms with Crippen LogP contribution in [0.5, 0.6) is 0 Å². The zero-order valence-electron chi connectivity index (χ0n) is 6.64. The van der Waals surface area contributed by atoms with E-state index in [0.717, 1.165) is 5.25 Å². The summed E-state index contributed by atoms with van der Waals surface area (Å²) in [6.07, 6.45) is 4.68. The van der Waals surface area contributed by atoms with Crippen molar-refractivity contribution in [3.05, 3.63) is 23.3 Å². The van der Waals surface area contributed by atoms with Gasteiger partial charge in [-0.25, -0.2) is 0 Å². The average molecular weight is 152 g/mol. The Bertz CT molecular complexity index is 237.